The van der Waals surface area contributed by atoms with Crippen LogP contribution in [0.15, 0.2) is 17.4 Å². The van der Waals surface area contributed by atoms with E-state index in [0.29, 0.717) is 11.2 Å². The van der Waals surface area contributed by atoms with E-state index in [0.717, 1.165) is 0 Å². The van der Waals surface area contributed by atoms with Crippen LogP contribution in [0.25, 0.3) is 11.2 Å². The average Bonchev–Trinajstić information content (AvgIpc) is 2.16. The summed E-state index contributed by atoms with van der Waals surface area (Å²) >= 11 is 0. The van der Waals surface area contributed by atoms with Gasteiger partial charge in [0.15, 0.2) is 22.9 Å². The molecule has 0 amide bonds. The first kappa shape index (κ1) is 9.06. The Morgan fingerprint density at radius 1 is 1.13 bits per heavy atom. The van der Waals surface area contributed by atoms with E-state index in [1.165, 1.54) is 12.4 Å². The van der Waals surface area contributed by atoms with Crippen molar-refractivity contribution in [3.05, 3.63) is 12.4 Å². The first-order valence-electron chi connectivity index (χ1n) is 4.00. The van der Waals surface area contributed by atoms with Gasteiger partial charge in [-0.15, -0.1) is 0 Å². The van der Waals surface area contributed by atoms with E-state index in [1.807, 2.05) is 0 Å². The highest BCUT2D eigenvalue weighted by molar-refractivity contribution is 5.87. The lowest BCUT2D eigenvalue weighted by Crippen LogP contribution is -2.22. The number of guanidine groups is 1. The summed E-state index contributed by atoms with van der Waals surface area (Å²) in [5.74, 6) is 0.133. The van der Waals surface area contributed by atoms with E-state index in [9.17, 15) is 0 Å². The van der Waals surface area contributed by atoms with Crippen LogP contribution in [-0.4, -0.2) is 25.9 Å². The molecule has 0 aliphatic rings. The topological polar surface area (TPSA) is 142 Å². The smallest absolute Gasteiger partial charge is 0.224 e. The second kappa shape index (κ2) is 3.33. The molecule has 0 aliphatic heterocycles. The lowest BCUT2D eigenvalue weighted by Gasteiger charge is -2.00. The third kappa shape index (κ3) is 1.73. The van der Waals surface area contributed by atoms with Gasteiger partial charge in [-0.1, -0.05) is 0 Å². The summed E-state index contributed by atoms with van der Waals surface area (Å²) in [5, 5.41) is 0. The Balaban J connectivity index is 2.77. The summed E-state index contributed by atoms with van der Waals surface area (Å²) in [5.41, 5.74) is 16.7. The van der Waals surface area contributed by atoms with Crippen molar-refractivity contribution in [2.24, 2.45) is 16.5 Å². The van der Waals surface area contributed by atoms with Gasteiger partial charge in [0, 0.05) is 12.4 Å². The average molecular weight is 204 g/mol. The largest absolute Gasteiger partial charge is 0.370 e. The van der Waals surface area contributed by atoms with Crippen molar-refractivity contribution in [1.29, 1.82) is 0 Å². The zero-order chi connectivity index (χ0) is 10.8. The third-order valence-corrected chi connectivity index (χ3v) is 1.57. The molecule has 0 aromatic carbocycles. The minimum Gasteiger partial charge on any atom is -0.370 e. The Bertz CT molecular complexity index is 530. The minimum atomic E-state index is -0.125. The van der Waals surface area contributed by atoms with Crippen molar-refractivity contribution in [3.63, 3.8) is 0 Å². The summed E-state index contributed by atoms with van der Waals surface area (Å²) in [6, 6.07) is 0. The summed E-state index contributed by atoms with van der Waals surface area (Å²) in [6.07, 6.45) is 2.99. The fourth-order valence-corrected chi connectivity index (χ4v) is 1.07. The van der Waals surface area contributed by atoms with Gasteiger partial charge in [-0.2, -0.15) is 15.0 Å². The summed E-state index contributed by atoms with van der Waals surface area (Å²) in [6.45, 7) is 0. The molecule has 0 spiro atoms. The lowest BCUT2D eigenvalue weighted by molar-refractivity contribution is 1.14. The predicted octanol–water partition coefficient (Wildman–Crippen LogP) is -1.09. The monoisotopic (exact) mass is 204 g/mol. The van der Waals surface area contributed by atoms with Crippen molar-refractivity contribution in [2.45, 2.75) is 0 Å². The molecule has 0 atom stereocenters. The number of nitrogen functional groups attached to an aromatic ring is 1. The van der Waals surface area contributed by atoms with Crippen LogP contribution in [0.5, 0.6) is 0 Å². The van der Waals surface area contributed by atoms with Gasteiger partial charge < -0.3 is 17.2 Å². The van der Waals surface area contributed by atoms with Crippen LogP contribution in [-0.2, 0) is 0 Å². The Morgan fingerprint density at radius 2 is 1.87 bits per heavy atom. The number of nitrogens with two attached hydrogens (primary N) is 3. The molecule has 8 heteroatoms. The van der Waals surface area contributed by atoms with Crippen LogP contribution in [0.1, 0.15) is 0 Å². The SMILES string of the molecule is NC(N)=Nc1nc(N)nc2nccnc12. The number of fused-ring (bicyclic) bond motifs is 1. The molecule has 15 heavy (non-hydrogen) atoms. The van der Waals surface area contributed by atoms with Crippen LogP contribution in [0, 0.1) is 0 Å². The van der Waals surface area contributed by atoms with E-state index in [-0.39, 0.29) is 17.7 Å². The second-order valence-corrected chi connectivity index (χ2v) is 2.67. The van der Waals surface area contributed by atoms with E-state index >= 15 is 0 Å². The molecule has 0 saturated carbocycles. The van der Waals surface area contributed by atoms with Crippen LogP contribution >= 0.6 is 0 Å². The number of aliphatic imine (C=N–C) groups is 1. The molecule has 0 fully saturated rings. The lowest BCUT2D eigenvalue weighted by atomic mass is 10.4. The number of nitrogens with zero attached hydrogens (tertiary/aromatic N) is 5. The number of rotatable bonds is 1. The van der Waals surface area contributed by atoms with E-state index in [1.54, 1.807) is 0 Å². The van der Waals surface area contributed by atoms with Gasteiger partial charge in [0.2, 0.25) is 5.95 Å². The molecular formula is C7H8N8. The van der Waals surface area contributed by atoms with Gasteiger partial charge in [0.05, 0.1) is 0 Å². The Morgan fingerprint density at radius 3 is 2.60 bits per heavy atom. The van der Waals surface area contributed by atoms with Crippen molar-refractivity contribution in [1.82, 2.24) is 19.9 Å². The molecule has 0 aliphatic carbocycles. The molecule has 2 heterocycles. The number of hydrogen-bond acceptors (Lipinski definition) is 6. The summed E-state index contributed by atoms with van der Waals surface area (Å²) in [4.78, 5) is 19.5. The number of hydrogen-bond donors (Lipinski definition) is 3. The van der Waals surface area contributed by atoms with Gasteiger partial charge in [0.1, 0.15) is 0 Å². The number of aromatic nitrogens is 4. The molecule has 8 nitrogen and oxygen atoms in total. The fraction of sp³-hybridized carbons (Fsp3) is 0. The molecule has 0 bridgehead atoms. The Hall–Kier alpha value is -2.51. The number of anilines is 1. The fourth-order valence-electron chi connectivity index (χ4n) is 1.07. The molecule has 2 aromatic rings. The maximum atomic E-state index is 5.46. The summed E-state index contributed by atoms with van der Waals surface area (Å²) < 4.78 is 0. The zero-order valence-electron chi connectivity index (χ0n) is 7.62. The van der Waals surface area contributed by atoms with Crippen molar-refractivity contribution in [3.8, 4) is 0 Å². The van der Waals surface area contributed by atoms with Crippen LogP contribution in [0.4, 0.5) is 11.8 Å². The highest BCUT2D eigenvalue weighted by atomic mass is 15.1. The molecule has 6 N–H and O–H groups in total. The minimum absolute atomic E-state index is 0.0444. The first-order valence-corrected chi connectivity index (χ1v) is 4.00. The molecule has 2 aromatic heterocycles. The van der Waals surface area contributed by atoms with Gasteiger partial charge in [0.25, 0.3) is 0 Å². The zero-order valence-corrected chi connectivity index (χ0v) is 7.62. The van der Waals surface area contributed by atoms with Crippen LogP contribution in [0.3, 0.4) is 0 Å². The van der Waals surface area contributed by atoms with Crippen LogP contribution in [0.2, 0.25) is 0 Å². The molecule has 0 radical (unpaired) electrons. The Labute approximate surface area is 84.3 Å². The predicted molar refractivity (Wildman–Crippen MR) is 55.0 cm³/mol. The molecular weight excluding hydrogens is 196 g/mol. The molecule has 0 saturated heterocycles. The van der Waals surface area contributed by atoms with Crippen molar-refractivity contribution in [2.75, 3.05) is 5.73 Å². The van der Waals surface area contributed by atoms with Crippen molar-refractivity contribution >= 4 is 28.9 Å². The standard InChI is InChI=1S/C7H8N8/c8-6(9)13-5-3-4(12-2-1-11-3)14-7(10)15-5/h1-2H,(H6,8,9,10,12,13,14,15). The molecule has 0 unspecified atom stereocenters. The quantitative estimate of drug-likeness (QED) is 0.395. The Kier molecular flexibility index (Phi) is 2.01. The van der Waals surface area contributed by atoms with Crippen LogP contribution < -0.4 is 17.2 Å². The summed E-state index contributed by atoms with van der Waals surface area (Å²) in [7, 11) is 0. The van der Waals surface area contributed by atoms with Gasteiger partial charge in [-0.05, 0) is 0 Å². The maximum absolute atomic E-state index is 5.46. The molecule has 2 rings (SSSR count). The van der Waals surface area contributed by atoms with Gasteiger partial charge in [-0.3, -0.25) is 0 Å². The van der Waals surface area contributed by atoms with E-state index in [4.69, 9.17) is 17.2 Å². The van der Waals surface area contributed by atoms with E-state index < -0.39 is 0 Å². The third-order valence-electron chi connectivity index (χ3n) is 1.57. The van der Waals surface area contributed by atoms with Gasteiger partial charge >= 0.3 is 0 Å². The van der Waals surface area contributed by atoms with E-state index in [2.05, 4.69) is 24.9 Å². The second-order valence-electron chi connectivity index (χ2n) is 2.67. The molecule has 76 valence electrons. The maximum Gasteiger partial charge on any atom is 0.224 e. The normalized spacial score (nSPS) is 10.1. The first-order chi connectivity index (χ1) is 7.16. The van der Waals surface area contributed by atoms with Crippen molar-refractivity contribution < 1.29 is 0 Å². The highest BCUT2D eigenvalue weighted by Gasteiger charge is 2.06. The van der Waals surface area contributed by atoms with Gasteiger partial charge in [-0.25, -0.2) is 9.97 Å². The highest BCUT2D eigenvalue weighted by Crippen LogP contribution is 2.18.